The number of halogens is 1. The van der Waals surface area contributed by atoms with Crippen LogP contribution >= 0.6 is 0 Å². The number of aromatic nitrogens is 1. The molecule has 4 heteroatoms. The van der Waals surface area contributed by atoms with Gasteiger partial charge < -0.3 is 4.74 Å². The fourth-order valence-electron chi connectivity index (χ4n) is 4.07. The topological polar surface area (TPSA) is 34.5 Å². The van der Waals surface area contributed by atoms with E-state index >= 15 is 0 Å². The first-order valence-corrected chi connectivity index (χ1v) is 9.32. The molecule has 0 spiro atoms. The molecule has 0 saturated heterocycles. The van der Waals surface area contributed by atoms with Gasteiger partial charge in [-0.2, -0.15) is 0 Å². The normalized spacial score (nSPS) is 22.2. The fourth-order valence-corrected chi connectivity index (χ4v) is 4.07. The number of pyridine rings is 1. The first-order valence-electron chi connectivity index (χ1n) is 9.32. The second kappa shape index (κ2) is 6.13. The summed E-state index contributed by atoms with van der Waals surface area (Å²) in [5.74, 6) is 0.681. The predicted octanol–water partition coefficient (Wildman–Crippen LogP) is 5.78. The third-order valence-electron chi connectivity index (χ3n) is 5.41. The summed E-state index contributed by atoms with van der Waals surface area (Å²) in [5, 5.41) is 0. The average Bonchev–Trinajstić information content (AvgIpc) is 2.99. The van der Waals surface area contributed by atoms with Crippen LogP contribution in [0, 0.1) is 5.82 Å². The monoisotopic (exact) mass is 370 g/mol. The van der Waals surface area contributed by atoms with Crippen LogP contribution in [0.2, 0.25) is 0 Å². The molecule has 2 aliphatic heterocycles. The number of dihydropyridines is 1. The quantitative estimate of drug-likeness (QED) is 0.573. The Morgan fingerprint density at radius 1 is 1.04 bits per heavy atom. The van der Waals surface area contributed by atoms with Crippen LogP contribution in [-0.2, 0) is 0 Å². The van der Waals surface area contributed by atoms with Crippen molar-refractivity contribution in [1.29, 1.82) is 0 Å². The van der Waals surface area contributed by atoms with Gasteiger partial charge in [0.1, 0.15) is 11.6 Å². The van der Waals surface area contributed by atoms with Crippen LogP contribution in [0.3, 0.4) is 0 Å². The molecule has 0 fully saturated rings. The Balaban J connectivity index is 1.60. The fraction of sp³-hybridized carbons (Fsp3) is 0.167. The summed E-state index contributed by atoms with van der Waals surface area (Å²) < 4.78 is 19.6. The van der Waals surface area contributed by atoms with Crippen molar-refractivity contribution in [2.45, 2.75) is 25.5 Å². The highest BCUT2D eigenvalue weighted by molar-refractivity contribution is 5.94. The summed E-state index contributed by atoms with van der Waals surface area (Å²) >= 11 is 0. The number of nitrogens with zero attached hydrogens (tertiary/aromatic N) is 2. The summed E-state index contributed by atoms with van der Waals surface area (Å²) in [6.07, 6.45) is 5.99. The molecule has 2 aromatic carbocycles. The van der Waals surface area contributed by atoms with Gasteiger partial charge >= 0.3 is 0 Å². The van der Waals surface area contributed by atoms with E-state index in [0.717, 1.165) is 39.4 Å². The van der Waals surface area contributed by atoms with Gasteiger partial charge in [-0.1, -0.05) is 30.3 Å². The second-order valence-corrected chi connectivity index (χ2v) is 7.41. The van der Waals surface area contributed by atoms with Crippen LogP contribution in [0.25, 0.3) is 22.4 Å². The molecule has 0 amide bonds. The Labute approximate surface area is 163 Å². The highest BCUT2D eigenvalue weighted by atomic mass is 19.1. The minimum atomic E-state index is -0.619. The van der Waals surface area contributed by atoms with Crippen molar-refractivity contribution >= 4 is 5.71 Å². The molecule has 1 aromatic heterocycles. The number of hydrogen-bond acceptors (Lipinski definition) is 3. The second-order valence-electron chi connectivity index (χ2n) is 7.41. The predicted molar refractivity (Wildman–Crippen MR) is 109 cm³/mol. The van der Waals surface area contributed by atoms with Crippen molar-refractivity contribution < 1.29 is 9.13 Å². The maximum Gasteiger partial charge on any atom is 0.207 e. The van der Waals surface area contributed by atoms with Crippen LogP contribution < -0.4 is 4.74 Å². The van der Waals surface area contributed by atoms with E-state index in [1.54, 1.807) is 18.3 Å². The molecule has 0 aliphatic carbocycles. The Bertz CT molecular complexity index is 1130. The highest BCUT2D eigenvalue weighted by Gasteiger charge is 2.45. The Morgan fingerprint density at radius 3 is 2.68 bits per heavy atom. The molecule has 28 heavy (non-hydrogen) atoms. The molecule has 0 radical (unpaired) electrons. The summed E-state index contributed by atoms with van der Waals surface area (Å²) in [7, 11) is 0. The van der Waals surface area contributed by atoms with Crippen molar-refractivity contribution in [2.24, 2.45) is 4.99 Å². The van der Waals surface area contributed by atoms with Crippen LogP contribution in [0.15, 0.2) is 77.9 Å². The maximum atomic E-state index is 13.3. The number of benzene rings is 2. The number of fused-ring (bicyclic) bond motifs is 3. The number of ether oxygens (including phenoxy) is 1. The standard InChI is InChI=1S/C24H19FN2O/c1-15-6-11-21-19-4-3-5-20(23(19)28-24(21,2)27-15)22-14-17(12-13-26-22)16-7-9-18(25)10-8-16/h3-14,21H,1-2H3. The third kappa shape index (κ3) is 2.64. The lowest BCUT2D eigenvalue weighted by Gasteiger charge is -2.28. The number of hydrogen-bond donors (Lipinski definition) is 0. The van der Waals surface area contributed by atoms with Crippen LogP contribution in [0.1, 0.15) is 25.3 Å². The lowest BCUT2D eigenvalue weighted by Crippen LogP contribution is -2.34. The first kappa shape index (κ1) is 16.9. The molecule has 2 aliphatic rings. The zero-order valence-corrected chi connectivity index (χ0v) is 15.7. The van der Waals surface area contributed by atoms with Gasteiger partial charge in [0.05, 0.1) is 11.6 Å². The summed E-state index contributed by atoms with van der Waals surface area (Å²) in [6, 6.07) is 16.6. The van der Waals surface area contributed by atoms with Gasteiger partial charge in [-0.05, 0) is 61.4 Å². The largest absolute Gasteiger partial charge is 0.464 e. The van der Waals surface area contributed by atoms with Crippen molar-refractivity contribution in [3.8, 4) is 28.1 Å². The zero-order chi connectivity index (χ0) is 19.3. The average molecular weight is 370 g/mol. The van der Waals surface area contributed by atoms with E-state index in [1.807, 2.05) is 44.2 Å². The van der Waals surface area contributed by atoms with E-state index in [2.05, 4.69) is 17.1 Å². The van der Waals surface area contributed by atoms with Gasteiger partial charge in [-0.25, -0.2) is 9.38 Å². The Hall–Kier alpha value is -3.27. The third-order valence-corrected chi connectivity index (χ3v) is 5.41. The van der Waals surface area contributed by atoms with Gasteiger partial charge in [-0.3, -0.25) is 4.98 Å². The molecule has 0 saturated carbocycles. The van der Waals surface area contributed by atoms with E-state index in [0.29, 0.717) is 0 Å². The van der Waals surface area contributed by atoms with Gasteiger partial charge in [0.2, 0.25) is 5.72 Å². The smallest absolute Gasteiger partial charge is 0.207 e. The molecular weight excluding hydrogens is 351 g/mol. The Kier molecular flexibility index (Phi) is 3.69. The zero-order valence-electron chi connectivity index (χ0n) is 15.7. The molecule has 0 N–H and O–H groups in total. The van der Waals surface area contributed by atoms with Gasteiger partial charge in [-0.15, -0.1) is 0 Å². The van der Waals surface area contributed by atoms with Crippen LogP contribution in [0.4, 0.5) is 4.39 Å². The van der Waals surface area contributed by atoms with Crippen LogP contribution in [0.5, 0.6) is 5.75 Å². The number of allylic oxidation sites excluding steroid dienone is 1. The van der Waals surface area contributed by atoms with E-state index < -0.39 is 5.72 Å². The molecule has 138 valence electrons. The minimum Gasteiger partial charge on any atom is -0.464 e. The van der Waals surface area contributed by atoms with Crippen LogP contribution in [-0.4, -0.2) is 16.4 Å². The molecule has 3 heterocycles. The molecule has 3 nitrogen and oxygen atoms in total. The number of aliphatic imine (C=N–C) groups is 1. The van der Waals surface area contributed by atoms with Crippen molar-refractivity contribution in [1.82, 2.24) is 4.98 Å². The maximum absolute atomic E-state index is 13.3. The molecule has 5 rings (SSSR count). The van der Waals surface area contributed by atoms with E-state index in [-0.39, 0.29) is 11.7 Å². The van der Waals surface area contributed by atoms with Crippen molar-refractivity contribution in [3.63, 3.8) is 0 Å². The van der Waals surface area contributed by atoms with Gasteiger partial charge in [0.25, 0.3) is 0 Å². The molecular formula is C24H19FN2O. The van der Waals surface area contributed by atoms with Crippen molar-refractivity contribution in [2.75, 3.05) is 0 Å². The Morgan fingerprint density at radius 2 is 1.86 bits per heavy atom. The molecule has 2 atom stereocenters. The summed E-state index contributed by atoms with van der Waals surface area (Å²) in [6.45, 7) is 4.01. The van der Waals surface area contributed by atoms with Gasteiger partial charge in [0, 0.05) is 23.0 Å². The highest BCUT2D eigenvalue weighted by Crippen LogP contribution is 2.51. The first-order chi connectivity index (χ1) is 13.5. The van der Waals surface area contributed by atoms with E-state index in [9.17, 15) is 4.39 Å². The SMILES string of the molecule is CC1=NC2(C)Oc3c(-c4cc(-c5ccc(F)cc5)ccn4)cccc3C2C=C1. The summed E-state index contributed by atoms with van der Waals surface area (Å²) in [4.78, 5) is 9.33. The molecule has 2 unspecified atom stereocenters. The lowest BCUT2D eigenvalue weighted by atomic mass is 9.88. The van der Waals surface area contributed by atoms with Gasteiger partial charge in [0.15, 0.2) is 0 Å². The minimum absolute atomic E-state index is 0.0893. The number of rotatable bonds is 2. The molecule has 3 aromatic rings. The van der Waals surface area contributed by atoms with E-state index in [4.69, 9.17) is 9.73 Å². The van der Waals surface area contributed by atoms with Crippen molar-refractivity contribution in [3.05, 3.63) is 84.3 Å². The summed E-state index contributed by atoms with van der Waals surface area (Å²) in [5.41, 5.74) is 5.17. The molecule has 0 bridgehead atoms. The van der Waals surface area contributed by atoms with E-state index in [1.165, 1.54) is 12.1 Å². The number of para-hydroxylation sites is 1. The lowest BCUT2D eigenvalue weighted by molar-refractivity contribution is 0.112.